The molecular weight excluding hydrogens is 448 g/mol. The van der Waals surface area contributed by atoms with Gasteiger partial charge in [-0.15, -0.1) is 11.3 Å². The van der Waals surface area contributed by atoms with Crippen LogP contribution in [0, 0.1) is 20.8 Å². The molecule has 34 heavy (non-hydrogen) atoms. The first-order chi connectivity index (χ1) is 16.4. The summed E-state index contributed by atoms with van der Waals surface area (Å²) in [5.74, 6) is -0.369. The first-order valence-electron chi connectivity index (χ1n) is 10.6. The summed E-state index contributed by atoms with van der Waals surface area (Å²) >= 11 is 1.21. The van der Waals surface area contributed by atoms with E-state index in [1.54, 1.807) is 30.5 Å². The van der Waals surface area contributed by atoms with Crippen LogP contribution in [0.5, 0.6) is 5.75 Å². The Morgan fingerprint density at radius 3 is 2.50 bits per heavy atom. The van der Waals surface area contributed by atoms with Crippen LogP contribution in [0.1, 0.15) is 42.4 Å². The van der Waals surface area contributed by atoms with Gasteiger partial charge in [0.15, 0.2) is 0 Å². The number of para-hydroxylation sites is 1. The number of benzene rings is 2. The van der Waals surface area contributed by atoms with Crippen LogP contribution in [-0.4, -0.2) is 30.1 Å². The second kappa shape index (κ2) is 9.84. The van der Waals surface area contributed by atoms with E-state index in [-0.39, 0.29) is 5.91 Å². The number of nitrogens with one attached hydrogen (secondary N) is 2. The molecule has 0 aliphatic rings. The molecule has 2 heterocycles. The average molecular weight is 473 g/mol. The minimum Gasteiger partial charge on any atom is -0.496 e. The number of hydrogen-bond donors (Lipinski definition) is 2. The Morgan fingerprint density at radius 1 is 1.03 bits per heavy atom. The number of fused-ring (bicyclic) bond motifs is 1. The number of methoxy groups -OCH3 is 1. The molecule has 0 fully saturated rings. The van der Waals surface area contributed by atoms with Gasteiger partial charge in [-0.25, -0.2) is 10.4 Å². The van der Waals surface area contributed by atoms with Crippen molar-refractivity contribution in [2.24, 2.45) is 5.10 Å². The maximum absolute atomic E-state index is 13.1. The third-order valence-electron chi connectivity index (χ3n) is 5.24. The van der Waals surface area contributed by atoms with Crippen molar-refractivity contribution in [3.63, 3.8) is 0 Å². The Hall–Kier alpha value is -4.04. The minimum atomic E-state index is -0.432. The summed E-state index contributed by atoms with van der Waals surface area (Å²) in [7, 11) is 1.51. The molecule has 2 N–H and O–H groups in total. The fourth-order valence-electron chi connectivity index (χ4n) is 3.60. The lowest BCUT2D eigenvalue weighted by Crippen LogP contribution is -2.20. The van der Waals surface area contributed by atoms with E-state index in [1.807, 2.05) is 51.1 Å². The maximum atomic E-state index is 13.1. The predicted molar refractivity (Wildman–Crippen MR) is 136 cm³/mol. The smallest absolute Gasteiger partial charge is 0.283 e. The van der Waals surface area contributed by atoms with E-state index in [9.17, 15) is 9.59 Å². The highest BCUT2D eigenvalue weighted by molar-refractivity contribution is 7.21. The Balaban J connectivity index is 1.69. The van der Waals surface area contributed by atoms with Gasteiger partial charge in [0.05, 0.1) is 24.6 Å². The second-order valence-corrected chi connectivity index (χ2v) is 8.83. The van der Waals surface area contributed by atoms with Crippen LogP contribution in [0.15, 0.2) is 59.7 Å². The Labute approximate surface area is 201 Å². The maximum Gasteiger partial charge on any atom is 0.283 e. The molecule has 0 saturated carbocycles. The number of carbonyl (C=O) groups is 2. The van der Waals surface area contributed by atoms with E-state index in [2.05, 4.69) is 20.8 Å². The molecule has 0 spiro atoms. The fraction of sp³-hybridized carbons (Fsp3) is 0.154. The van der Waals surface area contributed by atoms with Crippen LogP contribution < -0.4 is 15.5 Å². The molecule has 4 rings (SSSR count). The SMILES string of the molecule is COc1ccccc1C(=O)Nc1c(C(=O)NN=Cc2ccc(C)cc2)sc2nc(C)cc(C)c12. The third-order valence-corrected chi connectivity index (χ3v) is 6.32. The summed E-state index contributed by atoms with van der Waals surface area (Å²) in [6.07, 6.45) is 1.57. The number of aryl methyl sites for hydroxylation is 3. The molecule has 0 saturated heterocycles. The van der Waals surface area contributed by atoms with Crippen LogP contribution in [0.3, 0.4) is 0 Å². The van der Waals surface area contributed by atoms with Gasteiger partial charge in [0.1, 0.15) is 15.5 Å². The lowest BCUT2D eigenvalue weighted by molar-refractivity contribution is 0.0960. The third kappa shape index (κ3) is 4.82. The van der Waals surface area contributed by atoms with Crippen molar-refractivity contribution >= 4 is 45.3 Å². The van der Waals surface area contributed by atoms with Gasteiger partial charge in [-0.1, -0.05) is 42.0 Å². The summed E-state index contributed by atoms with van der Waals surface area (Å²) < 4.78 is 5.32. The van der Waals surface area contributed by atoms with Gasteiger partial charge in [0.2, 0.25) is 0 Å². The number of nitrogens with zero attached hydrogens (tertiary/aromatic N) is 2. The highest BCUT2D eigenvalue weighted by Gasteiger charge is 2.24. The van der Waals surface area contributed by atoms with Crippen molar-refractivity contribution in [3.05, 3.63) is 87.4 Å². The topological polar surface area (TPSA) is 92.7 Å². The van der Waals surface area contributed by atoms with Crippen molar-refractivity contribution in [3.8, 4) is 5.75 Å². The normalized spacial score (nSPS) is 11.1. The zero-order valence-electron chi connectivity index (χ0n) is 19.3. The van der Waals surface area contributed by atoms with Gasteiger partial charge in [-0.05, 0) is 50.1 Å². The molecule has 2 amide bonds. The van der Waals surface area contributed by atoms with E-state index < -0.39 is 5.91 Å². The molecule has 8 heteroatoms. The number of rotatable bonds is 6. The molecule has 7 nitrogen and oxygen atoms in total. The summed E-state index contributed by atoms with van der Waals surface area (Å²) in [5, 5.41) is 7.74. The van der Waals surface area contributed by atoms with Gasteiger partial charge < -0.3 is 10.1 Å². The number of anilines is 1. The largest absolute Gasteiger partial charge is 0.496 e. The average Bonchev–Trinajstić information content (AvgIpc) is 3.18. The Morgan fingerprint density at radius 2 is 1.76 bits per heavy atom. The van der Waals surface area contributed by atoms with E-state index in [0.717, 1.165) is 27.8 Å². The summed E-state index contributed by atoms with van der Waals surface area (Å²) in [6.45, 7) is 5.83. The molecule has 4 aromatic rings. The molecule has 2 aromatic carbocycles. The van der Waals surface area contributed by atoms with Gasteiger partial charge >= 0.3 is 0 Å². The summed E-state index contributed by atoms with van der Waals surface area (Å²) in [5.41, 5.74) is 7.09. The number of thiophene rings is 1. The van der Waals surface area contributed by atoms with E-state index in [0.29, 0.717) is 26.7 Å². The van der Waals surface area contributed by atoms with Crippen molar-refractivity contribution in [2.75, 3.05) is 12.4 Å². The molecule has 0 atom stereocenters. The fourth-order valence-corrected chi connectivity index (χ4v) is 4.74. The summed E-state index contributed by atoms with van der Waals surface area (Å²) in [6, 6.07) is 16.6. The molecule has 0 aliphatic carbocycles. The Bertz CT molecular complexity index is 1410. The van der Waals surface area contributed by atoms with Crippen molar-refractivity contribution < 1.29 is 14.3 Å². The van der Waals surface area contributed by atoms with Crippen molar-refractivity contribution in [1.29, 1.82) is 0 Å². The first-order valence-corrected chi connectivity index (χ1v) is 11.4. The van der Waals surface area contributed by atoms with Crippen molar-refractivity contribution in [1.82, 2.24) is 10.4 Å². The van der Waals surface area contributed by atoms with Gasteiger partial charge in [-0.2, -0.15) is 5.10 Å². The van der Waals surface area contributed by atoms with E-state index >= 15 is 0 Å². The van der Waals surface area contributed by atoms with Gasteiger partial charge in [0, 0.05) is 11.1 Å². The predicted octanol–water partition coefficient (Wildman–Crippen LogP) is 5.25. The number of pyridine rings is 1. The summed E-state index contributed by atoms with van der Waals surface area (Å²) in [4.78, 5) is 31.8. The zero-order valence-corrected chi connectivity index (χ0v) is 20.1. The van der Waals surface area contributed by atoms with E-state index in [1.165, 1.54) is 18.4 Å². The van der Waals surface area contributed by atoms with Crippen LogP contribution in [-0.2, 0) is 0 Å². The highest BCUT2D eigenvalue weighted by Crippen LogP contribution is 2.38. The first kappa shape index (κ1) is 23.1. The van der Waals surface area contributed by atoms with Crippen LogP contribution in [0.4, 0.5) is 5.69 Å². The van der Waals surface area contributed by atoms with Crippen LogP contribution in [0.25, 0.3) is 10.2 Å². The van der Waals surface area contributed by atoms with Gasteiger partial charge in [0.25, 0.3) is 11.8 Å². The number of ether oxygens (including phenoxy) is 1. The molecule has 0 aliphatic heterocycles. The Kier molecular flexibility index (Phi) is 6.70. The van der Waals surface area contributed by atoms with E-state index in [4.69, 9.17) is 4.74 Å². The molecular formula is C26H24N4O3S. The number of aromatic nitrogens is 1. The highest BCUT2D eigenvalue weighted by atomic mass is 32.1. The molecule has 0 bridgehead atoms. The number of carbonyl (C=O) groups excluding carboxylic acids is 2. The molecule has 172 valence electrons. The lowest BCUT2D eigenvalue weighted by atomic mass is 10.1. The quantitative estimate of drug-likeness (QED) is 0.296. The standard InChI is InChI=1S/C26H24N4O3S/c1-15-9-11-18(12-10-15)14-27-30-25(32)23-22(21-16(2)13-17(3)28-26(21)34-23)29-24(31)19-7-5-6-8-20(19)33-4/h5-14H,1-4H3,(H,29,31)(H,30,32). The molecule has 2 aromatic heterocycles. The second-order valence-electron chi connectivity index (χ2n) is 7.83. The number of hydrazone groups is 1. The lowest BCUT2D eigenvalue weighted by Gasteiger charge is -2.11. The van der Waals surface area contributed by atoms with Crippen molar-refractivity contribution in [2.45, 2.75) is 20.8 Å². The zero-order chi connectivity index (χ0) is 24.2. The monoisotopic (exact) mass is 472 g/mol. The number of amides is 2. The van der Waals surface area contributed by atoms with Gasteiger partial charge in [-0.3, -0.25) is 9.59 Å². The molecule has 0 radical (unpaired) electrons. The van der Waals surface area contributed by atoms with Crippen LogP contribution in [0.2, 0.25) is 0 Å². The number of hydrogen-bond acceptors (Lipinski definition) is 6. The molecule has 0 unspecified atom stereocenters. The minimum absolute atomic E-state index is 0.320. The van der Waals surface area contributed by atoms with Crippen LogP contribution >= 0.6 is 11.3 Å².